The number of halogens is 2. The van der Waals surface area contributed by atoms with Gasteiger partial charge in [-0.3, -0.25) is 20.4 Å². The Bertz CT molecular complexity index is 706. The minimum absolute atomic E-state index is 0.0538. The van der Waals surface area contributed by atoms with Gasteiger partial charge in [-0.25, -0.2) is 0 Å². The maximum absolute atomic E-state index is 11.9. The van der Waals surface area contributed by atoms with Crippen LogP contribution in [-0.2, 0) is 0 Å². The van der Waals surface area contributed by atoms with Crippen LogP contribution in [0.1, 0.15) is 20.7 Å². The van der Waals surface area contributed by atoms with E-state index in [1.54, 1.807) is 24.3 Å². The molecule has 0 saturated carbocycles. The van der Waals surface area contributed by atoms with E-state index in [0.29, 0.717) is 4.47 Å². The Morgan fingerprint density at radius 1 is 1.00 bits per heavy atom. The van der Waals surface area contributed by atoms with E-state index in [1.807, 2.05) is 0 Å². The number of nitrogens with one attached hydrogen (secondary N) is 2. The number of amides is 2. The molecule has 3 N–H and O–H groups in total. The number of carbonyl (C=O) groups excluding carboxylic acids is 2. The quantitative estimate of drug-likeness (QED) is 0.712. The van der Waals surface area contributed by atoms with E-state index >= 15 is 0 Å². The molecule has 2 rings (SSSR count). The number of hydrogen-bond acceptors (Lipinski definition) is 3. The summed E-state index contributed by atoms with van der Waals surface area (Å²) in [5.41, 5.74) is 4.72. The molecule has 0 aromatic heterocycles. The van der Waals surface area contributed by atoms with Crippen molar-refractivity contribution in [3.8, 4) is 5.75 Å². The average molecular weight is 370 g/mol. The molecule has 108 valence electrons. The summed E-state index contributed by atoms with van der Waals surface area (Å²) in [6, 6.07) is 10.8. The Labute approximate surface area is 134 Å². The van der Waals surface area contributed by atoms with Crippen LogP contribution in [0.3, 0.4) is 0 Å². The van der Waals surface area contributed by atoms with Crippen LogP contribution in [0.4, 0.5) is 0 Å². The molecule has 7 heteroatoms. The van der Waals surface area contributed by atoms with Gasteiger partial charge in [0, 0.05) is 4.47 Å². The fourth-order valence-corrected chi connectivity index (χ4v) is 2.15. The van der Waals surface area contributed by atoms with Crippen LogP contribution in [0.25, 0.3) is 0 Å². The molecule has 0 aliphatic heterocycles. The van der Waals surface area contributed by atoms with Gasteiger partial charge in [0.25, 0.3) is 11.8 Å². The fourth-order valence-electron chi connectivity index (χ4n) is 1.59. The van der Waals surface area contributed by atoms with Crippen molar-refractivity contribution in [2.75, 3.05) is 0 Å². The Balaban J connectivity index is 2.06. The number of benzene rings is 2. The molecule has 2 aromatic carbocycles. The van der Waals surface area contributed by atoms with Crippen molar-refractivity contribution < 1.29 is 14.7 Å². The molecule has 0 radical (unpaired) electrons. The van der Waals surface area contributed by atoms with Crippen LogP contribution in [0.15, 0.2) is 46.9 Å². The van der Waals surface area contributed by atoms with Gasteiger partial charge in [0.05, 0.1) is 16.1 Å². The monoisotopic (exact) mass is 368 g/mol. The van der Waals surface area contributed by atoms with Crippen molar-refractivity contribution >= 4 is 39.3 Å². The third-order valence-electron chi connectivity index (χ3n) is 2.61. The van der Waals surface area contributed by atoms with Crippen LogP contribution >= 0.6 is 27.5 Å². The highest BCUT2D eigenvalue weighted by Crippen LogP contribution is 2.20. The number of carbonyl (C=O) groups is 2. The van der Waals surface area contributed by atoms with E-state index in [9.17, 15) is 14.7 Å². The first-order chi connectivity index (χ1) is 9.99. The number of aromatic hydroxyl groups is 1. The lowest BCUT2D eigenvalue weighted by molar-refractivity contribution is 0.0845. The van der Waals surface area contributed by atoms with E-state index in [4.69, 9.17) is 11.6 Å². The number of hydrazine groups is 1. The summed E-state index contributed by atoms with van der Waals surface area (Å²) in [4.78, 5) is 23.8. The van der Waals surface area contributed by atoms with Crippen LogP contribution in [0.2, 0.25) is 5.02 Å². The summed E-state index contributed by atoms with van der Waals surface area (Å²) in [5, 5.41) is 9.80. The summed E-state index contributed by atoms with van der Waals surface area (Å²) in [7, 11) is 0. The van der Waals surface area contributed by atoms with Gasteiger partial charge >= 0.3 is 0 Å². The number of hydrogen-bond donors (Lipinski definition) is 3. The van der Waals surface area contributed by atoms with Crippen molar-refractivity contribution in [1.29, 1.82) is 0 Å². The Morgan fingerprint density at radius 2 is 1.62 bits per heavy atom. The molecule has 21 heavy (non-hydrogen) atoms. The number of rotatable bonds is 2. The maximum atomic E-state index is 11.9. The molecule has 0 spiro atoms. The zero-order valence-corrected chi connectivity index (χ0v) is 12.9. The zero-order chi connectivity index (χ0) is 15.4. The molecule has 0 bridgehead atoms. The standard InChI is InChI=1S/C14H10BrClN2O3/c15-8-5-6-11(16)10(7-8)14(21)18-17-13(20)9-3-1-2-4-12(9)19/h1-7,19H,(H,17,20)(H,18,21). The van der Waals surface area contributed by atoms with Gasteiger partial charge in [-0.15, -0.1) is 0 Å². The highest BCUT2D eigenvalue weighted by Gasteiger charge is 2.14. The van der Waals surface area contributed by atoms with Crippen LogP contribution < -0.4 is 10.9 Å². The van der Waals surface area contributed by atoms with E-state index in [1.165, 1.54) is 18.2 Å². The summed E-state index contributed by atoms with van der Waals surface area (Å²) in [6.45, 7) is 0. The Morgan fingerprint density at radius 3 is 2.29 bits per heavy atom. The molecular weight excluding hydrogens is 360 g/mol. The van der Waals surface area contributed by atoms with E-state index < -0.39 is 11.8 Å². The van der Waals surface area contributed by atoms with Crippen molar-refractivity contribution in [3.05, 3.63) is 63.1 Å². The molecular formula is C14H10BrClN2O3. The first kappa shape index (κ1) is 15.3. The lowest BCUT2D eigenvalue weighted by atomic mass is 10.2. The minimum atomic E-state index is -0.632. The summed E-state index contributed by atoms with van der Waals surface area (Å²) in [5.74, 6) is -1.37. The van der Waals surface area contributed by atoms with Gasteiger partial charge in [0.15, 0.2) is 0 Å². The molecule has 0 fully saturated rings. The Kier molecular flexibility index (Phi) is 4.82. The second kappa shape index (κ2) is 6.60. The van der Waals surface area contributed by atoms with Gasteiger partial charge in [-0.2, -0.15) is 0 Å². The van der Waals surface area contributed by atoms with Crippen LogP contribution in [0.5, 0.6) is 5.75 Å². The second-order valence-electron chi connectivity index (χ2n) is 4.05. The number of phenols is 1. The highest BCUT2D eigenvalue weighted by molar-refractivity contribution is 9.10. The molecule has 2 aromatic rings. The lowest BCUT2D eigenvalue weighted by Gasteiger charge is -2.09. The highest BCUT2D eigenvalue weighted by atomic mass is 79.9. The van der Waals surface area contributed by atoms with Gasteiger partial charge in [0.2, 0.25) is 0 Å². The van der Waals surface area contributed by atoms with Crippen LogP contribution in [0, 0.1) is 0 Å². The van der Waals surface area contributed by atoms with Gasteiger partial charge in [0.1, 0.15) is 5.75 Å². The molecule has 0 unspecified atom stereocenters. The molecule has 0 aliphatic rings. The minimum Gasteiger partial charge on any atom is -0.507 e. The van der Waals surface area contributed by atoms with Crippen molar-refractivity contribution in [1.82, 2.24) is 10.9 Å². The third-order valence-corrected chi connectivity index (χ3v) is 3.43. The molecule has 5 nitrogen and oxygen atoms in total. The molecule has 0 aliphatic carbocycles. The largest absolute Gasteiger partial charge is 0.507 e. The normalized spacial score (nSPS) is 10.0. The molecule has 0 saturated heterocycles. The average Bonchev–Trinajstić information content (AvgIpc) is 2.47. The summed E-state index contributed by atoms with van der Waals surface area (Å²) < 4.78 is 0.684. The van der Waals surface area contributed by atoms with E-state index in [2.05, 4.69) is 26.8 Å². The summed E-state index contributed by atoms with van der Waals surface area (Å²) in [6.07, 6.45) is 0. The number of para-hydroxylation sites is 1. The van der Waals surface area contributed by atoms with E-state index in [0.717, 1.165) is 0 Å². The molecule has 0 heterocycles. The number of phenolic OH excluding ortho intramolecular Hbond substituents is 1. The topological polar surface area (TPSA) is 78.4 Å². The summed E-state index contributed by atoms with van der Waals surface area (Å²) >= 11 is 9.15. The van der Waals surface area contributed by atoms with Crippen LogP contribution in [-0.4, -0.2) is 16.9 Å². The zero-order valence-electron chi connectivity index (χ0n) is 10.6. The predicted octanol–water partition coefficient (Wildman–Crippen LogP) is 2.88. The molecule has 0 atom stereocenters. The lowest BCUT2D eigenvalue weighted by Crippen LogP contribution is -2.41. The first-order valence-electron chi connectivity index (χ1n) is 5.83. The van der Waals surface area contributed by atoms with Crippen molar-refractivity contribution in [2.45, 2.75) is 0 Å². The second-order valence-corrected chi connectivity index (χ2v) is 5.37. The van der Waals surface area contributed by atoms with Crippen molar-refractivity contribution in [3.63, 3.8) is 0 Å². The smallest absolute Gasteiger partial charge is 0.273 e. The van der Waals surface area contributed by atoms with Gasteiger partial charge in [-0.1, -0.05) is 39.7 Å². The van der Waals surface area contributed by atoms with Gasteiger partial charge in [-0.05, 0) is 30.3 Å². The fraction of sp³-hybridized carbons (Fsp3) is 0. The van der Waals surface area contributed by atoms with Gasteiger partial charge < -0.3 is 5.11 Å². The predicted molar refractivity (Wildman–Crippen MR) is 82.2 cm³/mol. The van der Waals surface area contributed by atoms with Crippen molar-refractivity contribution in [2.24, 2.45) is 0 Å². The Hall–Kier alpha value is -2.05. The maximum Gasteiger partial charge on any atom is 0.273 e. The van der Waals surface area contributed by atoms with E-state index in [-0.39, 0.29) is 21.9 Å². The third kappa shape index (κ3) is 3.74. The SMILES string of the molecule is O=C(NNC(=O)c1cc(Br)ccc1Cl)c1ccccc1O. The first-order valence-corrected chi connectivity index (χ1v) is 7.00. The molecule has 2 amide bonds.